The molecule has 0 aliphatic heterocycles. The first kappa shape index (κ1) is 15.5. The van der Waals surface area contributed by atoms with E-state index in [1.54, 1.807) is 0 Å². The molecule has 3 rings (SSSR count). The summed E-state index contributed by atoms with van der Waals surface area (Å²) in [5, 5.41) is 1.31. The predicted molar refractivity (Wildman–Crippen MR) is 95.0 cm³/mol. The fourth-order valence-electron chi connectivity index (χ4n) is 2.35. The zero-order chi connectivity index (χ0) is 13.2. The molecule has 20 heavy (non-hydrogen) atoms. The van der Waals surface area contributed by atoms with Gasteiger partial charge in [0.25, 0.3) is 0 Å². The van der Waals surface area contributed by atoms with Crippen LogP contribution in [0.1, 0.15) is 4.88 Å². The van der Waals surface area contributed by atoms with Crippen LogP contribution in [0.3, 0.4) is 0 Å². The van der Waals surface area contributed by atoms with Crippen LogP contribution < -0.4 is 5.73 Å². The number of fused-ring (bicyclic) bond motifs is 1. The summed E-state index contributed by atoms with van der Waals surface area (Å²) in [6.07, 6.45) is 0.932. The molecule has 104 valence electrons. The Labute approximate surface area is 137 Å². The molecule has 0 saturated carbocycles. The summed E-state index contributed by atoms with van der Waals surface area (Å²) in [6.45, 7) is 0.688. The van der Waals surface area contributed by atoms with Crippen LogP contribution in [0.2, 0.25) is 0 Å². The lowest BCUT2D eigenvalue weighted by atomic mass is 10.0. The average molecular weight is 369 g/mol. The monoisotopic (exact) mass is 367 g/mol. The third-order valence-electron chi connectivity index (χ3n) is 3.16. The number of rotatable bonds is 3. The lowest BCUT2D eigenvalue weighted by Crippen LogP contribution is -2.01. The Morgan fingerprint density at radius 1 is 1.05 bits per heavy atom. The fraction of sp³-hybridized carbons (Fsp3) is 0.125. The second-order valence-electron chi connectivity index (χ2n) is 4.45. The molecule has 0 amide bonds. The van der Waals surface area contributed by atoms with E-state index in [9.17, 15) is 0 Å². The summed E-state index contributed by atoms with van der Waals surface area (Å²) in [7, 11) is 0. The minimum Gasteiger partial charge on any atom is -0.330 e. The normalized spacial score (nSPS) is 10.5. The average Bonchev–Trinajstić information content (AvgIpc) is 2.77. The summed E-state index contributed by atoms with van der Waals surface area (Å²) in [5.41, 5.74) is 8.37. The highest BCUT2D eigenvalue weighted by Crippen LogP contribution is 2.40. The number of thiophene rings is 1. The van der Waals surface area contributed by atoms with E-state index < -0.39 is 0 Å². The molecular formula is C16H15BrClNS. The maximum absolute atomic E-state index is 5.76. The van der Waals surface area contributed by atoms with Crippen molar-refractivity contribution in [3.63, 3.8) is 0 Å². The molecule has 2 aromatic carbocycles. The van der Waals surface area contributed by atoms with Crippen LogP contribution in [0, 0.1) is 0 Å². The molecule has 1 aromatic heterocycles. The van der Waals surface area contributed by atoms with Gasteiger partial charge in [0, 0.05) is 25.0 Å². The van der Waals surface area contributed by atoms with Crippen LogP contribution in [0.5, 0.6) is 0 Å². The summed E-state index contributed by atoms with van der Waals surface area (Å²) in [6, 6.07) is 17.0. The van der Waals surface area contributed by atoms with Gasteiger partial charge < -0.3 is 5.73 Å². The van der Waals surface area contributed by atoms with Gasteiger partial charge in [0.1, 0.15) is 0 Å². The Hall–Kier alpha value is -0.870. The van der Waals surface area contributed by atoms with Crippen LogP contribution in [-0.4, -0.2) is 6.54 Å². The molecule has 0 atom stereocenters. The summed E-state index contributed by atoms with van der Waals surface area (Å²) in [4.78, 5) is 1.38. The Morgan fingerprint density at radius 2 is 1.80 bits per heavy atom. The van der Waals surface area contributed by atoms with Crippen molar-refractivity contribution in [1.82, 2.24) is 0 Å². The number of hydrogen-bond donors (Lipinski definition) is 1. The number of hydrogen-bond acceptors (Lipinski definition) is 2. The standard InChI is InChI=1S/C16H14BrNS.ClH/c17-12-6-7-14-13(10-12)16(15(19-14)8-9-18)11-4-2-1-3-5-11;/h1-7,10H,8-9,18H2;1H. The van der Waals surface area contributed by atoms with Crippen LogP contribution >= 0.6 is 39.7 Å². The van der Waals surface area contributed by atoms with Gasteiger partial charge in [0.2, 0.25) is 0 Å². The van der Waals surface area contributed by atoms with Gasteiger partial charge in [-0.25, -0.2) is 0 Å². The molecule has 1 nitrogen and oxygen atoms in total. The highest BCUT2D eigenvalue weighted by Gasteiger charge is 2.13. The minimum atomic E-state index is 0. The summed E-state index contributed by atoms with van der Waals surface area (Å²) >= 11 is 5.42. The SMILES string of the molecule is Cl.NCCc1sc2ccc(Br)cc2c1-c1ccccc1. The quantitative estimate of drug-likeness (QED) is 0.671. The number of benzene rings is 2. The molecule has 0 bridgehead atoms. The fourth-order valence-corrected chi connectivity index (χ4v) is 3.93. The largest absolute Gasteiger partial charge is 0.330 e. The molecule has 2 N–H and O–H groups in total. The van der Waals surface area contributed by atoms with Crippen LogP contribution in [0.25, 0.3) is 21.2 Å². The van der Waals surface area contributed by atoms with Crippen molar-refractivity contribution in [3.8, 4) is 11.1 Å². The third kappa shape index (κ3) is 2.91. The molecule has 4 heteroatoms. The Balaban J connectivity index is 0.00000147. The summed E-state index contributed by atoms with van der Waals surface area (Å²) < 4.78 is 2.44. The molecule has 0 saturated heterocycles. The zero-order valence-electron chi connectivity index (χ0n) is 10.8. The summed E-state index contributed by atoms with van der Waals surface area (Å²) in [5.74, 6) is 0. The van der Waals surface area contributed by atoms with E-state index in [0.717, 1.165) is 10.9 Å². The second kappa shape index (κ2) is 6.72. The molecule has 0 spiro atoms. The molecule has 0 unspecified atom stereocenters. The van der Waals surface area contributed by atoms with E-state index in [4.69, 9.17) is 5.73 Å². The first-order valence-corrected chi connectivity index (χ1v) is 7.87. The first-order chi connectivity index (χ1) is 9.29. The van der Waals surface area contributed by atoms with Crippen molar-refractivity contribution >= 4 is 49.8 Å². The molecule has 3 aromatic rings. The van der Waals surface area contributed by atoms with E-state index in [1.807, 2.05) is 11.3 Å². The van der Waals surface area contributed by atoms with Gasteiger partial charge in [0.15, 0.2) is 0 Å². The molecule has 0 aliphatic rings. The van der Waals surface area contributed by atoms with Crippen LogP contribution in [-0.2, 0) is 6.42 Å². The van der Waals surface area contributed by atoms with Crippen molar-refractivity contribution in [2.75, 3.05) is 6.54 Å². The van der Waals surface area contributed by atoms with E-state index in [-0.39, 0.29) is 12.4 Å². The Morgan fingerprint density at radius 3 is 2.50 bits per heavy atom. The maximum Gasteiger partial charge on any atom is 0.0352 e. The van der Waals surface area contributed by atoms with E-state index >= 15 is 0 Å². The molecule has 0 aliphatic carbocycles. The zero-order valence-corrected chi connectivity index (χ0v) is 14.0. The van der Waals surface area contributed by atoms with Crippen molar-refractivity contribution in [3.05, 3.63) is 57.9 Å². The van der Waals surface area contributed by atoms with E-state index in [1.165, 1.54) is 26.1 Å². The molecular weight excluding hydrogens is 354 g/mol. The van der Waals surface area contributed by atoms with Crippen LogP contribution in [0.15, 0.2) is 53.0 Å². The topological polar surface area (TPSA) is 26.0 Å². The van der Waals surface area contributed by atoms with Gasteiger partial charge >= 0.3 is 0 Å². The van der Waals surface area contributed by atoms with Crippen LogP contribution in [0.4, 0.5) is 0 Å². The molecule has 0 fully saturated rings. The lowest BCUT2D eigenvalue weighted by molar-refractivity contribution is 0.990. The Bertz CT molecular complexity index is 709. The highest BCUT2D eigenvalue weighted by atomic mass is 79.9. The van der Waals surface area contributed by atoms with Gasteiger partial charge in [-0.2, -0.15) is 0 Å². The van der Waals surface area contributed by atoms with Crippen molar-refractivity contribution in [2.24, 2.45) is 5.73 Å². The van der Waals surface area contributed by atoms with E-state index in [2.05, 4.69) is 64.5 Å². The second-order valence-corrected chi connectivity index (χ2v) is 6.50. The van der Waals surface area contributed by atoms with Gasteiger partial charge in [-0.15, -0.1) is 23.7 Å². The minimum absolute atomic E-state index is 0. The molecule has 0 radical (unpaired) electrons. The highest BCUT2D eigenvalue weighted by molar-refractivity contribution is 9.10. The molecule has 1 heterocycles. The number of nitrogens with two attached hydrogens (primary N) is 1. The van der Waals surface area contributed by atoms with E-state index in [0.29, 0.717) is 6.54 Å². The van der Waals surface area contributed by atoms with Crippen molar-refractivity contribution < 1.29 is 0 Å². The predicted octanol–water partition coefficient (Wildman–Crippen LogP) is 5.25. The van der Waals surface area contributed by atoms with Gasteiger partial charge in [-0.3, -0.25) is 0 Å². The number of halogens is 2. The third-order valence-corrected chi connectivity index (χ3v) is 4.88. The smallest absolute Gasteiger partial charge is 0.0352 e. The maximum atomic E-state index is 5.76. The van der Waals surface area contributed by atoms with Crippen molar-refractivity contribution in [2.45, 2.75) is 6.42 Å². The van der Waals surface area contributed by atoms with Gasteiger partial charge in [0.05, 0.1) is 0 Å². The Kier molecular flexibility index (Phi) is 5.22. The van der Waals surface area contributed by atoms with Crippen molar-refractivity contribution in [1.29, 1.82) is 0 Å². The first-order valence-electron chi connectivity index (χ1n) is 6.26. The van der Waals surface area contributed by atoms with Gasteiger partial charge in [-0.1, -0.05) is 46.3 Å². The van der Waals surface area contributed by atoms with Gasteiger partial charge in [-0.05, 0) is 36.7 Å². The lowest BCUT2D eigenvalue weighted by Gasteiger charge is -2.04.